The van der Waals surface area contributed by atoms with Gasteiger partial charge in [-0.15, -0.1) is 11.6 Å². The van der Waals surface area contributed by atoms with E-state index in [-0.39, 0.29) is 6.04 Å². The van der Waals surface area contributed by atoms with Crippen molar-refractivity contribution in [1.82, 2.24) is 4.90 Å². The van der Waals surface area contributed by atoms with Gasteiger partial charge in [0.05, 0.1) is 17.5 Å². The molecule has 1 unspecified atom stereocenters. The average molecular weight is 475 g/mol. The standard InChI is InChI=1S/C19H18ClF3N2.C3H5ClO2/c1-25-9-8-13(16-11-15(20)6-7-17(16)24)10-18(25)12-2-4-14(5-3-12)19(21,22)23;4-1-2-6-3-5/h2-7,10-11,18H,8-9,24H2,1H3;3H,1-2H2. The number of halogens is 5. The van der Waals surface area contributed by atoms with Crippen LogP contribution in [0.1, 0.15) is 29.2 Å². The fourth-order valence-electron chi connectivity index (χ4n) is 3.18. The van der Waals surface area contributed by atoms with Crippen LogP contribution in [0.2, 0.25) is 5.02 Å². The van der Waals surface area contributed by atoms with Crippen LogP contribution in [-0.2, 0) is 15.7 Å². The van der Waals surface area contributed by atoms with E-state index in [4.69, 9.17) is 28.9 Å². The van der Waals surface area contributed by atoms with Crippen molar-refractivity contribution in [3.63, 3.8) is 0 Å². The van der Waals surface area contributed by atoms with Crippen LogP contribution in [0.15, 0.2) is 48.5 Å². The van der Waals surface area contributed by atoms with E-state index in [0.29, 0.717) is 29.7 Å². The van der Waals surface area contributed by atoms with Gasteiger partial charge in [0.25, 0.3) is 6.47 Å². The lowest BCUT2D eigenvalue weighted by molar-refractivity contribution is -0.137. The number of carbonyl (C=O) groups excluding carboxylic acids is 1. The molecule has 0 saturated carbocycles. The molecule has 3 rings (SSSR count). The Morgan fingerprint density at radius 2 is 1.90 bits per heavy atom. The number of ether oxygens (including phenoxy) is 1. The highest BCUT2D eigenvalue weighted by Gasteiger charge is 2.30. The monoisotopic (exact) mass is 474 g/mol. The molecule has 2 aromatic rings. The third-order valence-corrected chi connectivity index (χ3v) is 5.16. The van der Waals surface area contributed by atoms with Gasteiger partial charge < -0.3 is 10.5 Å². The van der Waals surface area contributed by atoms with E-state index >= 15 is 0 Å². The molecule has 0 radical (unpaired) electrons. The normalized spacial score (nSPS) is 16.7. The molecular formula is C22H23Cl2F3N2O2. The molecule has 2 N–H and O–H groups in total. The van der Waals surface area contributed by atoms with Gasteiger partial charge in [0.2, 0.25) is 0 Å². The Labute approximate surface area is 189 Å². The second-order valence-electron chi connectivity index (χ2n) is 6.87. The van der Waals surface area contributed by atoms with E-state index in [1.807, 2.05) is 19.2 Å². The zero-order chi connectivity index (χ0) is 23.0. The molecule has 1 atom stereocenters. The number of alkyl halides is 4. The van der Waals surface area contributed by atoms with Crippen LogP contribution in [0.4, 0.5) is 18.9 Å². The molecule has 0 spiro atoms. The number of likely N-dealkylation sites (N-methyl/N-ethyl adjacent to an activating group) is 1. The lowest BCUT2D eigenvalue weighted by Crippen LogP contribution is -2.28. The highest BCUT2D eigenvalue weighted by Crippen LogP contribution is 2.36. The minimum absolute atomic E-state index is 0.107. The lowest BCUT2D eigenvalue weighted by Gasteiger charge is -2.32. The number of benzene rings is 2. The molecule has 4 nitrogen and oxygen atoms in total. The first-order valence-corrected chi connectivity index (χ1v) is 10.3. The van der Waals surface area contributed by atoms with E-state index in [1.54, 1.807) is 12.1 Å². The predicted octanol–water partition coefficient (Wildman–Crippen LogP) is 5.80. The van der Waals surface area contributed by atoms with Gasteiger partial charge in [-0.2, -0.15) is 13.2 Å². The Morgan fingerprint density at radius 1 is 1.23 bits per heavy atom. The van der Waals surface area contributed by atoms with E-state index in [1.165, 1.54) is 12.1 Å². The van der Waals surface area contributed by atoms with Crippen molar-refractivity contribution in [1.29, 1.82) is 0 Å². The summed E-state index contributed by atoms with van der Waals surface area (Å²) in [4.78, 5) is 11.4. The van der Waals surface area contributed by atoms with E-state index in [2.05, 4.69) is 9.64 Å². The third kappa shape index (κ3) is 7.16. The topological polar surface area (TPSA) is 55.6 Å². The fraction of sp³-hybridized carbons (Fsp3) is 0.318. The molecule has 1 aliphatic heterocycles. The van der Waals surface area contributed by atoms with Crippen molar-refractivity contribution in [2.24, 2.45) is 0 Å². The number of nitrogens with zero attached hydrogens (tertiary/aromatic N) is 1. The molecule has 168 valence electrons. The maximum absolute atomic E-state index is 12.8. The minimum Gasteiger partial charge on any atom is -0.467 e. The van der Waals surface area contributed by atoms with Crippen LogP contribution in [0.25, 0.3) is 5.57 Å². The highest BCUT2D eigenvalue weighted by molar-refractivity contribution is 6.30. The first kappa shape index (κ1) is 25.0. The van der Waals surface area contributed by atoms with E-state index in [9.17, 15) is 18.0 Å². The maximum atomic E-state index is 12.8. The van der Waals surface area contributed by atoms with Crippen LogP contribution >= 0.6 is 23.2 Å². The van der Waals surface area contributed by atoms with Crippen LogP contribution in [0.5, 0.6) is 0 Å². The number of rotatable bonds is 5. The molecule has 0 aliphatic carbocycles. The summed E-state index contributed by atoms with van der Waals surface area (Å²) in [5.41, 5.74) is 8.83. The number of hydrogen-bond acceptors (Lipinski definition) is 4. The number of carbonyl (C=O) groups is 1. The van der Waals surface area contributed by atoms with Crippen molar-refractivity contribution in [3.05, 3.63) is 70.3 Å². The van der Waals surface area contributed by atoms with Crippen molar-refractivity contribution < 1.29 is 22.7 Å². The van der Waals surface area contributed by atoms with Crippen molar-refractivity contribution in [2.45, 2.75) is 18.6 Å². The largest absolute Gasteiger partial charge is 0.467 e. The zero-order valence-electron chi connectivity index (χ0n) is 16.8. The zero-order valence-corrected chi connectivity index (χ0v) is 18.3. The number of anilines is 1. The summed E-state index contributed by atoms with van der Waals surface area (Å²) in [6.45, 7) is 1.47. The van der Waals surface area contributed by atoms with Gasteiger partial charge in [0.1, 0.15) is 6.61 Å². The highest BCUT2D eigenvalue weighted by atomic mass is 35.5. The molecule has 2 aromatic carbocycles. The molecule has 0 saturated heterocycles. The number of nitrogens with two attached hydrogens (primary N) is 1. The molecule has 0 fully saturated rings. The van der Waals surface area contributed by atoms with Crippen molar-refractivity contribution >= 4 is 40.9 Å². The van der Waals surface area contributed by atoms with Crippen molar-refractivity contribution in [2.75, 3.05) is 31.8 Å². The molecule has 0 aromatic heterocycles. The Kier molecular flexibility index (Phi) is 9.22. The van der Waals surface area contributed by atoms with E-state index in [0.717, 1.165) is 41.8 Å². The second-order valence-corrected chi connectivity index (χ2v) is 7.69. The maximum Gasteiger partial charge on any atom is 0.416 e. The molecule has 31 heavy (non-hydrogen) atoms. The smallest absolute Gasteiger partial charge is 0.416 e. The number of hydrogen-bond donors (Lipinski definition) is 1. The Balaban J connectivity index is 0.000000501. The van der Waals surface area contributed by atoms with Crippen LogP contribution < -0.4 is 5.73 Å². The summed E-state index contributed by atoms with van der Waals surface area (Å²) in [6, 6.07) is 10.5. The Morgan fingerprint density at radius 3 is 2.45 bits per heavy atom. The Bertz CT molecular complexity index is 903. The molecule has 1 heterocycles. The SMILES string of the molecule is CN1CCC(c2cc(Cl)ccc2N)=CC1c1ccc(C(F)(F)F)cc1.O=COCCCl. The fourth-order valence-corrected chi connectivity index (χ4v) is 3.44. The van der Waals surface area contributed by atoms with Gasteiger partial charge in [0.15, 0.2) is 0 Å². The second kappa shape index (κ2) is 11.4. The van der Waals surface area contributed by atoms with Gasteiger partial charge >= 0.3 is 6.18 Å². The first-order chi connectivity index (χ1) is 14.7. The summed E-state index contributed by atoms with van der Waals surface area (Å²) in [5.74, 6) is 0.374. The predicted molar refractivity (Wildman–Crippen MR) is 118 cm³/mol. The van der Waals surface area contributed by atoms with Gasteiger partial charge in [-0.1, -0.05) is 29.8 Å². The van der Waals surface area contributed by atoms with Crippen LogP contribution in [-0.4, -0.2) is 37.5 Å². The van der Waals surface area contributed by atoms with Gasteiger partial charge in [-0.3, -0.25) is 9.69 Å². The summed E-state index contributed by atoms with van der Waals surface area (Å²) in [5, 5.41) is 0.607. The lowest BCUT2D eigenvalue weighted by atomic mass is 9.91. The molecule has 0 amide bonds. The quantitative estimate of drug-likeness (QED) is 0.257. The third-order valence-electron chi connectivity index (χ3n) is 4.77. The molecule has 9 heteroatoms. The van der Waals surface area contributed by atoms with Gasteiger partial charge in [-0.05, 0) is 54.9 Å². The summed E-state index contributed by atoms with van der Waals surface area (Å²) in [7, 11) is 1.96. The number of nitrogen functional groups attached to an aromatic ring is 1. The minimum atomic E-state index is -4.33. The van der Waals surface area contributed by atoms with Crippen LogP contribution in [0.3, 0.4) is 0 Å². The summed E-state index contributed by atoms with van der Waals surface area (Å²) >= 11 is 11.2. The average Bonchev–Trinajstić information content (AvgIpc) is 2.74. The molecular weight excluding hydrogens is 452 g/mol. The first-order valence-electron chi connectivity index (χ1n) is 9.42. The van der Waals surface area contributed by atoms with Gasteiger partial charge in [-0.25, -0.2) is 0 Å². The van der Waals surface area contributed by atoms with Crippen molar-refractivity contribution in [3.8, 4) is 0 Å². The van der Waals surface area contributed by atoms with E-state index < -0.39 is 11.7 Å². The summed E-state index contributed by atoms with van der Waals surface area (Å²) in [6.07, 6.45) is -1.47. The Hall–Kier alpha value is -2.22. The van der Waals surface area contributed by atoms with Gasteiger partial charge in [0, 0.05) is 22.8 Å². The molecule has 1 aliphatic rings. The molecule has 0 bridgehead atoms. The summed E-state index contributed by atoms with van der Waals surface area (Å²) < 4.78 is 42.4. The van der Waals surface area contributed by atoms with Crippen LogP contribution in [0, 0.1) is 0 Å².